The first-order valence-electron chi connectivity index (χ1n) is 9.83. The highest BCUT2D eigenvalue weighted by atomic mass is 16.4. The molecule has 0 spiro atoms. The fraction of sp³-hybridized carbons (Fsp3) is 0.364. The van der Waals surface area contributed by atoms with Gasteiger partial charge in [0.15, 0.2) is 0 Å². The van der Waals surface area contributed by atoms with E-state index in [4.69, 9.17) is 5.11 Å². The van der Waals surface area contributed by atoms with Gasteiger partial charge in [0.25, 0.3) is 0 Å². The van der Waals surface area contributed by atoms with Crippen molar-refractivity contribution in [2.24, 2.45) is 11.0 Å². The molecule has 2 N–H and O–H groups in total. The second-order valence-electron chi connectivity index (χ2n) is 7.47. The molecule has 0 bridgehead atoms. The van der Waals surface area contributed by atoms with E-state index in [1.54, 1.807) is 12.1 Å². The molecule has 0 amide bonds. The van der Waals surface area contributed by atoms with Gasteiger partial charge in [-0.1, -0.05) is 25.3 Å². The van der Waals surface area contributed by atoms with E-state index in [0.717, 1.165) is 54.0 Å². The molecule has 1 saturated carbocycles. The van der Waals surface area contributed by atoms with Crippen molar-refractivity contribution in [1.82, 2.24) is 15.4 Å². The van der Waals surface area contributed by atoms with Crippen molar-refractivity contribution < 1.29 is 9.90 Å². The minimum absolute atomic E-state index is 0.183. The monoisotopic (exact) mass is 376 g/mol. The standard InChI is InChI=1S/C22H24N4O2/c1-14-8-10-18(23-12-14)20-16-6-4-2-3-5-7-17(16)21(26-25-20)19-11-9-15(13-24-19)22(27)28/h8-13,17,25H,2-7H2,1H3,(H,27,28). The summed E-state index contributed by atoms with van der Waals surface area (Å²) in [7, 11) is 0. The Bertz CT molecular complexity index is 930. The molecule has 4 rings (SSSR count). The number of hydrogen-bond donors (Lipinski definition) is 2. The van der Waals surface area contributed by atoms with Crippen molar-refractivity contribution in [3.8, 4) is 0 Å². The largest absolute Gasteiger partial charge is 0.478 e. The number of carboxylic acid groups (broad SMARTS) is 1. The van der Waals surface area contributed by atoms with Crippen molar-refractivity contribution in [1.29, 1.82) is 0 Å². The Kier molecular flexibility index (Phi) is 5.19. The van der Waals surface area contributed by atoms with Gasteiger partial charge in [0, 0.05) is 18.3 Å². The lowest BCUT2D eigenvalue weighted by Gasteiger charge is -2.30. The van der Waals surface area contributed by atoms with Crippen molar-refractivity contribution in [2.45, 2.75) is 45.4 Å². The molecule has 0 radical (unpaired) electrons. The maximum absolute atomic E-state index is 11.1. The number of aromatic carboxylic acids is 1. The van der Waals surface area contributed by atoms with E-state index in [1.807, 2.05) is 19.2 Å². The van der Waals surface area contributed by atoms with Crippen LogP contribution in [0.4, 0.5) is 0 Å². The summed E-state index contributed by atoms with van der Waals surface area (Å²) in [5.74, 6) is -0.787. The lowest BCUT2D eigenvalue weighted by atomic mass is 9.80. The second-order valence-corrected chi connectivity index (χ2v) is 7.47. The first-order chi connectivity index (χ1) is 13.6. The number of carboxylic acids is 1. The van der Waals surface area contributed by atoms with Gasteiger partial charge in [0.1, 0.15) is 0 Å². The Balaban J connectivity index is 1.72. The molecule has 6 nitrogen and oxygen atoms in total. The number of aromatic nitrogens is 2. The molecule has 0 aromatic carbocycles. The third kappa shape index (κ3) is 3.67. The summed E-state index contributed by atoms with van der Waals surface area (Å²) in [6, 6.07) is 7.47. The Morgan fingerprint density at radius 2 is 1.82 bits per heavy atom. The number of allylic oxidation sites excluding steroid dienone is 1. The van der Waals surface area contributed by atoms with Gasteiger partial charge >= 0.3 is 5.97 Å². The quantitative estimate of drug-likeness (QED) is 0.839. The molecule has 2 aliphatic rings. The molecule has 1 unspecified atom stereocenters. The van der Waals surface area contributed by atoms with Crippen molar-refractivity contribution in [2.75, 3.05) is 0 Å². The van der Waals surface area contributed by atoms with Gasteiger partial charge in [-0.05, 0) is 55.5 Å². The van der Waals surface area contributed by atoms with Crippen molar-refractivity contribution >= 4 is 17.4 Å². The summed E-state index contributed by atoms with van der Waals surface area (Å²) >= 11 is 0. The topological polar surface area (TPSA) is 87.5 Å². The molecule has 2 aromatic rings. The van der Waals surface area contributed by atoms with Gasteiger partial charge in [-0.15, -0.1) is 0 Å². The fourth-order valence-corrected chi connectivity index (χ4v) is 3.98. The molecule has 1 aliphatic carbocycles. The predicted octanol–water partition coefficient (Wildman–Crippen LogP) is 4.17. The van der Waals surface area contributed by atoms with Crippen LogP contribution < -0.4 is 5.43 Å². The number of hydrazone groups is 1. The zero-order valence-electron chi connectivity index (χ0n) is 16.0. The molecular formula is C22H24N4O2. The van der Waals surface area contributed by atoms with Gasteiger partial charge in [0.2, 0.25) is 0 Å². The molecule has 0 saturated heterocycles. The van der Waals surface area contributed by atoms with Crippen LogP contribution in [-0.4, -0.2) is 26.8 Å². The second kappa shape index (κ2) is 7.92. The van der Waals surface area contributed by atoms with E-state index in [9.17, 15) is 4.79 Å². The summed E-state index contributed by atoms with van der Waals surface area (Å²) in [5.41, 5.74) is 9.45. The third-order valence-electron chi connectivity index (χ3n) is 5.49. The predicted molar refractivity (Wildman–Crippen MR) is 108 cm³/mol. The van der Waals surface area contributed by atoms with Crippen LogP contribution in [-0.2, 0) is 0 Å². The highest BCUT2D eigenvalue weighted by Crippen LogP contribution is 2.36. The van der Waals surface area contributed by atoms with Gasteiger partial charge in [-0.2, -0.15) is 5.10 Å². The van der Waals surface area contributed by atoms with E-state index in [-0.39, 0.29) is 11.5 Å². The Morgan fingerprint density at radius 1 is 1.04 bits per heavy atom. The molecule has 1 atom stereocenters. The van der Waals surface area contributed by atoms with Gasteiger partial charge in [0.05, 0.1) is 28.4 Å². The average Bonchev–Trinajstić information content (AvgIpc) is 2.68. The van der Waals surface area contributed by atoms with Crippen LogP contribution in [0.3, 0.4) is 0 Å². The van der Waals surface area contributed by atoms with E-state index >= 15 is 0 Å². The third-order valence-corrected chi connectivity index (χ3v) is 5.49. The molecule has 3 heterocycles. The number of nitrogens with one attached hydrogen (secondary N) is 1. The van der Waals surface area contributed by atoms with E-state index in [2.05, 4.69) is 26.6 Å². The number of pyridine rings is 2. The number of hydrogen-bond acceptors (Lipinski definition) is 5. The molecule has 2 aromatic heterocycles. The SMILES string of the molecule is Cc1ccc(C2=C3CCCCCCC3C(c3ccc(C(=O)O)cn3)=NN2)nc1. The lowest BCUT2D eigenvalue weighted by Crippen LogP contribution is -2.30. The maximum Gasteiger partial charge on any atom is 0.337 e. The van der Waals surface area contributed by atoms with Gasteiger partial charge < -0.3 is 5.11 Å². The maximum atomic E-state index is 11.1. The normalized spacial score (nSPS) is 19.8. The number of nitrogens with zero attached hydrogens (tertiary/aromatic N) is 3. The lowest BCUT2D eigenvalue weighted by molar-refractivity contribution is 0.0696. The highest BCUT2D eigenvalue weighted by molar-refractivity contribution is 6.04. The van der Waals surface area contributed by atoms with E-state index < -0.39 is 5.97 Å². The van der Waals surface area contributed by atoms with Crippen molar-refractivity contribution in [3.05, 3.63) is 64.7 Å². The molecule has 1 aliphatic heterocycles. The Labute approximate surface area is 164 Å². The zero-order chi connectivity index (χ0) is 19.5. The zero-order valence-corrected chi connectivity index (χ0v) is 16.0. The van der Waals surface area contributed by atoms with Crippen LogP contribution in [0.1, 0.15) is 65.8 Å². The average molecular weight is 376 g/mol. The number of rotatable bonds is 3. The molecule has 28 heavy (non-hydrogen) atoms. The van der Waals surface area contributed by atoms with Crippen LogP contribution in [0.15, 0.2) is 47.3 Å². The van der Waals surface area contributed by atoms with Crippen LogP contribution in [0.2, 0.25) is 0 Å². The summed E-state index contributed by atoms with van der Waals surface area (Å²) in [6.07, 6.45) is 10.1. The first kappa shape index (κ1) is 18.3. The smallest absolute Gasteiger partial charge is 0.337 e. The fourth-order valence-electron chi connectivity index (χ4n) is 3.98. The first-order valence-corrected chi connectivity index (χ1v) is 9.83. The van der Waals surface area contributed by atoms with Crippen LogP contribution in [0, 0.1) is 12.8 Å². The summed E-state index contributed by atoms with van der Waals surface area (Å²) in [4.78, 5) is 20.1. The van der Waals surface area contributed by atoms with E-state index in [1.165, 1.54) is 24.6 Å². The molecule has 144 valence electrons. The van der Waals surface area contributed by atoms with Crippen LogP contribution >= 0.6 is 0 Å². The van der Waals surface area contributed by atoms with Gasteiger partial charge in [-0.25, -0.2) is 4.79 Å². The Morgan fingerprint density at radius 3 is 2.54 bits per heavy atom. The summed E-state index contributed by atoms with van der Waals surface area (Å²) in [6.45, 7) is 2.03. The van der Waals surface area contributed by atoms with Crippen LogP contribution in [0.25, 0.3) is 5.70 Å². The molecule has 6 heteroatoms. The minimum Gasteiger partial charge on any atom is -0.478 e. The van der Waals surface area contributed by atoms with E-state index in [0.29, 0.717) is 0 Å². The molecule has 1 fully saturated rings. The number of carbonyl (C=O) groups is 1. The van der Waals surface area contributed by atoms with Crippen LogP contribution in [0.5, 0.6) is 0 Å². The van der Waals surface area contributed by atoms with Gasteiger partial charge in [-0.3, -0.25) is 15.4 Å². The molecular weight excluding hydrogens is 352 g/mol. The highest BCUT2D eigenvalue weighted by Gasteiger charge is 2.30. The minimum atomic E-state index is -0.970. The summed E-state index contributed by atoms with van der Waals surface area (Å²) < 4.78 is 0. The number of aryl methyl sites for hydroxylation is 1. The Hall–Kier alpha value is -3.02. The van der Waals surface area contributed by atoms with Crippen molar-refractivity contribution in [3.63, 3.8) is 0 Å². The summed E-state index contributed by atoms with van der Waals surface area (Å²) in [5, 5.41) is 13.8. The number of fused-ring (bicyclic) bond motifs is 1.